The summed E-state index contributed by atoms with van der Waals surface area (Å²) in [6.45, 7) is 5.95. The van der Waals surface area contributed by atoms with Gasteiger partial charge in [-0.15, -0.1) is 0 Å². The topological polar surface area (TPSA) is 50.4 Å². The minimum absolute atomic E-state index is 0.0391. The molecule has 1 unspecified atom stereocenters. The average Bonchev–Trinajstić information content (AvgIpc) is 3.27. The van der Waals surface area contributed by atoms with E-state index in [1.165, 1.54) is 12.8 Å². The molecule has 2 rings (SSSR count). The first-order valence-corrected chi connectivity index (χ1v) is 7.42. The van der Waals surface area contributed by atoms with E-state index in [0.717, 1.165) is 24.4 Å². The lowest BCUT2D eigenvalue weighted by atomic mass is 10.1. The molecule has 1 aliphatic rings. The second-order valence-electron chi connectivity index (χ2n) is 5.35. The molecule has 4 nitrogen and oxygen atoms in total. The number of hydrogen-bond acceptors (Lipinski definition) is 3. The average molecular weight is 276 g/mol. The van der Waals surface area contributed by atoms with E-state index < -0.39 is 0 Å². The first-order chi connectivity index (χ1) is 9.70. The molecule has 1 saturated carbocycles. The summed E-state index contributed by atoms with van der Waals surface area (Å²) in [5.41, 5.74) is 1.09. The van der Waals surface area contributed by atoms with Crippen molar-refractivity contribution in [1.82, 2.24) is 10.6 Å². The molecule has 0 saturated heterocycles. The Morgan fingerprint density at radius 1 is 1.40 bits per heavy atom. The third-order valence-electron chi connectivity index (χ3n) is 3.54. The fourth-order valence-corrected chi connectivity index (χ4v) is 2.16. The van der Waals surface area contributed by atoms with E-state index in [4.69, 9.17) is 4.74 Å². The molecule has 1 aliphatic carbocycles. The SMILES string of the molecule is CCNC(C)c1ccccc1OCC(=O)NCC1CC1. The zero-order valence-electron chi connectivity index (χ0n) is 12.3. The summed E-state index contributed by atoms with van der Waals surface area (Å²) in [6, 6.07) is 8.08. The molecule has 110 valence electrons. The lowest BCUT2D eigenvalue weighted by Crippen LogP contribution is -2.30. The number of rotatable bonds is 8. The molecule has 1 amide bonds. The largest absolute Gasteiger partial charge is 0.483 e. The predicted octanol–water partition coefficient (Wildman–Crippen LogP) is 2.26. The first kappa shape index (κ1) is 14.9. The van der Waals surface area contributed by atoms with Gasteiger partial charge < -0.3 is 15.4 Å². The molecule has 1 aromatic rings. The molecule has 0 spiro atoms. The molecule has 20 heavy (non-hydrogen) atoms. The highest BCUT2D eigenvalue weighted by Crippen LogP contribution is 2.27. The quantitative estimate of drug-likeness (QED) is 0.766. The van der Waals surface area contributed by atoms with Gasteiger partial charge in [-0.3, -0.25) is 4.79 Å². The van der Waals surface area contributed by atoms with Crippen LogP contribution in [0, 0.1) is 5.92 Å². The van der Waals surface area contributed by atoms with Crippen LogP contribution >= 0.6 is 0 Å². The number of hydrogen-bond donors (Lipinski definition) is 2. The van der Waals surface area contributed by atoms with Crippen LogP contribution in [0.3, 0.4) is 0 Å². The summed E-state index contributed by atoms with van der Waals surface area (Å²) in [7, 11) is 0. The summed E-state index contributed by atoms with van der Waals surface area (Å²) >= 11 is 0. The van der Waals surface area contributed by atoms with Gasteiger partial charge >= 0.3 is 0 Å². The number of nitrogens with one attached hydrogen (secondary N) is 2. The summed E-state index contributed by atoms with van der Waals surface area (Å²) in [4.78, 5) is 11.7. The van der Waals surface area contributed by atoms with Gasteiger partial charge in [0.15, 0.2) is 6.61 Å². The second-order valence-corrected chi connectivity index (χ2v) is 5.35. The van der Waals surface area contributed by atoms with Crippen LogP contribution in [0.1, 0.15) is 38.3 Å². The van der Waals surface area contributed by atoms with E-state index in [1.54, 1.807) is 0 Å². The van der Waals surface area contributed by atoms with Gasteiger partial charge in [0.1, 0.15) is 5.75 Å². The predicted molar refractivity (Wildman–Crippen MR) is 79.8 cm³/mol. The lowest BCUT2D eigenvalue weighted by Gasteiger charge is -2.17. The molecule has 0 aromatic heterocycles. The van der Waals surface area contributed by atoms with E-state index >= 15 is 0 Å². The standard InChI is InChI=1S/C16H24N2O2/c1-3-17-12(2)14-6-4-5-7-15(14)20-11-16(19)18-10-13-8-9-13/h4-7,12-13,17H,3,8-11H2,1-2H3,(H,18,19). The second kappa shape index (κ2) is 7.29. The van der Waals surface area contributed by atoms with Crippen LogP contribution in [0.4, 0.5) is 0 Å². The molecule has 1 atom stereocenters. The lowest BCUT2D eigenvalue weighted by molar-refractivity contribution is -0.123. The van der Waals surface area contributed by atoms with Gasteiger partial charge in [-0.2, -0.15) is 0 Å². The number of carbonyl (C=O) groups is 1. The van der Waals surface area contributed by atoms with Crippen LogP contribution < -0.4 is 15.4 Å². The van der Waals surface area contributed by atoms with Gasteiger partial charge in [0.25, 0.3) is 5.91 Å². The van der Waals surface area contributed by atoms with Crippen molar-refractivity contribution in [3.63, 3.8) is 0 Å². The highest BCUT2D eigenvalue weighted by Gasteiger charge is 2.21. The van der Waals surface area contributed by atoms with Gasteiger partial charge in [0, 0.05) is 18.2 Å². The summed E-state index contributed by atoms with van der Waals surface area (Å²) in [6.07, 6.45) is 2.48. The molecular weight excluding hydrogens is 252 g/mol. The summed E-state index contributed by atoms with van der Waals surface area (Å²) < 4.78 is 5.67. The fourth-order valence-electron chi connectivity index (χ4n) is 2.16. The number of amides is 1. The van der Waals surface area contributed by atoms with E-state index in [9.17, 15) is 4.79 Å². The van der Waals surface area contributed by atoms with Gasteiger partial charge in [-0.25, -0.2) is 0 Å². The van der Waals surface area contributed by atoms with Crippen LogP contribution in [0.5, 0.6) is 5.75 Å². The zero-order chi connectivity index (χ0) is 14.4. The van der Waals surface area contributed by atoms with Crippen molar-refractivity contribution in [3.05, 3.63) is 29.8 Å². The van der Waals surface area contributed by atoms with E-state index in [-0.39, 0.29) is 18.6 Å². The molecule has 2 N–H and O–H groups in total. The van der Waals surface area contributed by atoms with Crippen LogP contribution in [0.15, 0.2) is 24.3 Å². The minimum Gasteiger partial charge on any atom is -0.483 e. The molecule has 4 heteroatoms. The molecule has 1 aromatic carbocycles. The Labute approximate surface area is 120 Å². The highest BCUT2D eigenvalue weighted by molar-refractivity contribution is 5.77. The molecule has 1 fully saturated rings. The first-order valence-electron chi connectivity index (χ1n) is 7.42. The van der Waals surface area contributed by atoms with Gasteiger partial charge in [-0.1, -0.05) is 25.1 Å². The summed E-state index contributed by atoms with van der Waals surface area (Å²) in [5.74, 6) is 1.44. The maximum atomic E-state index is 11.7. The van der Waals surface area contributed by atoms with Crippen LogP contribution in [-0.4, -0.2) is 25.6 Å². The minimum atomic E-state index is -0.0391. The third kappa shape index (κ3) is 4.53. The van der Waals surface area contributed by atoms with Crippen molar-refractivity contribution in [3.8, 4) is 5.75 Å². The van der Waals surface area contributed by atoms with Gasteiger partial charge in [0.05, 0.1) is 0 Å². The van der Waals surface area contributed by atoms with E-state index in [2.05, 4.69) is 24.5 Å². The fraction of sp³-hybridized carbons (Fsp3) is 0.562. The number of para-hydroxylation sites is 1. The van der Waals surface area contributed by atoms with Crippen molar-refractivity contribution in [1.29, 1.82) is 0 Å². The summed E-state index contributed by atoms with van der Waals surface area (Å²) in [5, 5.41) is 6.27. The van der Waals surface area contributed by atoms with Gasteiger partial charge in [0.2, 0.25) is 0 Å². The Kier molecular flexibility index (Phi) is 5.41. The smallest absolute Gasteiger partial charge is 0.257 e. The molecule has 0 aliphatic heterocycles. The molecule has 0 heterocycles. The Balaban J connectivity index is 1.85. The monoisotopic (exact) mass is 276 g/mol. The number of benzene rings is 1. The number of ether oxygens (including phenoxy) is 1. The van der Waals surface area contributed by atoms with Crippen LogP contribution in [0.2, 0.25) is 0 Å². The normalized spacial score (nSPS) is 15.7. The Morgan fingerprint density at radius 2 is 2.15 bits per heavy atom. The zero-order valence-corrected chi connectivity index (χ0v) is 12.3. The molecule has 0 radical (unpaired) electrons. The Bertz CT molecular complexity index is 444. The van der Waals surface area contributed by atoms with Gasteiger partial charge in [-0.05, 0) is 38.3 Å². The molecule has 0 bridgehead atoms. The van der Waals surface area contributed by atoms with E-state index in [0.29, 0.717) is 5.92 Å². The third-order valence-corrected chi connectivity index (χ3v) is 3.54. The van der Waals surface area contributed by atoms with Crippen molar-refractivity contribution in [2.45, 2.75) is 32.7 Å². The maximum absolute atomic E-state index is 11.7. The van der Waals surface area contributed by atoms with Crippen LogP contribution in [0.25, 0.3) is 0 Å². The van der Waals surface area contributed by atoms with Crippen LogP contribution in [-0.2, 0) is 4.79 Å². The number of carbonyl (C=O) groups excluding carboxylic acids is 1. The Morgan fingerprint density at radius 3 is 2.85 bits per heavy atom. The Hall–Kier alpha value is -1.55. The maximum Gasteiger partial charge on any atom is 0.257 e. The van der Waals surface area contributed by atoms with Crippen molar-refractivity contribution in [2.24, 2.45) is 5.92 Å². The highest BCUT2D eigenvalue weighted by atomic mass is 16.5. The van der Waals surface area contributed by atoms with E-state index in [1.807, 2.05) is 24.3 Å². The van der Waals surface area contributed by atoms with Crippen molar-refractivity contribution in [2.75, 3.05) is 19.7 Å². The van der Waals surface area contributed by atoms with Crippen molar-refractivity contribution >= 4 is 5.91 Å². The molecular formula is C16H24N2O2. The van der Waals surface area contributed by atoms with Crippen molar-refractivity contribution < 1.29 is 9.53 Å².